The Balaban J connectivity index is 2.78. The van der Waals surface area contributed by atoms with Crippen molar-refractivity contribution in [3.05, 3.63) is 45.8 Å². The summed E-state index contributed by atoms with van der Waals surface area (Å²) in [6.07, 6.45) is 0.687. The number of hydrogen-bond acceptors (Lipinski definition) is 2. The largest absolute Gasteiger partial charge is 0.265 e. The first-order valence-corrected chi connectivity index (χ1v) is 4.50. The molecule has 3 nitrogen and oxygen atoms in total. The molecule has 4 heteroatoms. The molecule has 0 radical (unpaired) electrons. The van der Waals surface area contributed by atoms with Gasteiger partial charge < -0.3 is 0 Å². The van der Waals surface area contributed by atoms with E-state index in [1.807, 2.05) is 6.92 Å². The summed E-state index contributed by atoms with van der Waals surface area (Å²) in [5.74, 6) is -0.435. The third kappa shape index (κ3) is 2.80. The maximum atomic E-state index is 12.6. The SMILES string of the molecule is CC[C@@H](C[N+](=O)[O-])c1ccc(F)cc1. The van der Waals surface area contributed by atoms with Gasteiger partial charge in [0.05, 0.1) is 0 Å². The molecule has 0 bridgehead atoms. The average Bonchev–Trinajstić information content (AvgIpc) is 2.15. The standard InChI is InChI=1S/C10H12FNO2/c1-2-8(7-12(13)14)9-3-5-10(11)6-4-9/h3-6,8H,2,7H2,1H3/t8-/m0/s1. The molecule has 1 aromatic rings. The van der Waals surface area contributed by atoms with E-state index >= 15 is 0 Å². The normalized spacial score (nSPS) is 12.4. The molecule has 0 aromatic heterocycles. The molecule has 1 atom stereocenters. The predicted octanol–water partition coefficient (Wildman–Crippen LogP) is 2.60. The van der Waals surface area contributed by atoms with Gasteiger partial charge in [0.1, 0.15) is 5.82 Å². The minimum absolute atomic E-state index is 0.0951. The van der Waals surface area contributed by atoms with Gasteiger partial charge in [-0.15, -0.1) is 0 Å². The summed E-state index contributed by atoms with van der Waals surface area (Å²) in [4.78, 5) is 10.0. The minimum Gasteiger partial charge on any atom is -0.265 e. The molecule has 0 heterocycles. The van der Waals surface area contributed by atoms with Crippen LogP contribution in [0.15, 0.2) is 24.3 Å². The Kier molecular flexibility index (Phi) is 3.56. The summed E-state index contributed by atoms with van der Waals surface area (Å²) in [5, 5.41) is 10.3. The fourth-order valence-corrected chi connectivity index (χ4v) is 1.39. The van der Waals surface area contributed by atoms with E-state index in [2.05, 4.69) is 0 Å². The van der Waals surface area contributed by atoms with E-state index in [1.54, 1.807) is 12.1 Å². The van der Waals surface area contributed by atoms with Crippen molar-refractivity contribution in [1.82, 2.24) is 0 Å². The number of nitro groups is 1. The van der Waals surface area contributed by atoms with Crippen molar-refractivity contribution in [2.24, 2.45) is 0 Å². The molecule has 0 fully saturated rings. The highest BCUT2D eigenvalue weighted by atomic mass is 19.1. The zero-order chi connectivity index (χ0) is 10.6. The molecule has 0 aliphatic heterocycles. The molecule has 0 amide bonds. The zero-order valence-corrected chi connectivity index (χ0v) is 7.94. The van der Waals surface area contributed by atoms with Crippen LogP contribution in [0.5, 0.6) is 0 Å². The number of nitrogens with zero attached hydrogens (tertiary/aromatic N) is 1. The minimum atomic E-state index is -0.336. The molecule has 0 N–H and O–H groups in total. The Labute approximate surface area is 81.7 Å². The van der Waals surface area contributed by atoms with Crippen LogP contribution in [0.2, 0.25) is 0 Å². The van der Waals surface area contributed by atoms with Gasteiger partial charge in [-0.1, -0.05) is 19.1 Å². The summed E-state index contributed by atoms with van der Waals surface area (Å²) in [7, 11) is 0. The predicted molar refractivity (Wildman–Crippen MR) is 51.3 cm³/mol. The average molecular weight is 197 g/mol. The highest BCUT2D eigenvalue weighted by molar-refractivity contribution is 5.20. The van der Waals surface area contributed by atoms with E-state index < -0.39 is 0 Å². The Morgan fingerprint density at radius 3 is 2.43 bits per heavy atom. The lowest BCUT2D eigenvalue weighted by atomic mass is 9.97. The Bertz CT molecular complexity index is 310. The summed E-state index contributed by atoms with van der Waals surface area (Å²) >= 11 is 0. The lowest BCUT2D eigenvalue weighted by molar-refractivity contribution is -0.483. The zero-order valence-electron chi connectivity index (χ0n) is 7.94. The number of benzene rings is 1. The van der Waals surface area contributed by atoms with Crippen molar-refractivity contribution in [2.75, 3.05) is 6.54 Å². The molecule has 1 aromatic carbocycles. The van der Waals surface area contributed by atoms with Crippen LogP contribution in [0, 0.1) is 15.9 Å². The molecular weight excluding hydrogens is 185 g/mol. The second-order valence-corrected chi connectivity index (χ2v) is 3.17. The van der Waals surface area contributed by atoms with Crippen LogP contribution in [0.4, 0.5) is 4.39 Å². The van der Waals surface area contributed by atoms with E-state index in [-0.39, 0.29) is 23.2 Å². The van der Waals surface area contributed by atoms with Crippen molar-refractivity contribution >= 4 is 0 Å². The summed E-state index contributed by atoms with van der Waals surface area (Å²) in [6.45, 7) is 1.79. The van der Waals surface area contributed by atoms with E-state index in [0.29, 0.717) is 6.42 Å². The van der Waals surface area contributed by atoms with E-state index in [0.717, 1.165) is 5.56 Å². The highest BCUT2D eigenvalue weighted by Gasteiger charge is 2.15. The molecule has 14 heavy (non-hydrogen) atoms. The van der Waals surface area contributed by atoms with Gasteiger partial charge in [0.25, 0.3) is 0 Å². The van der Waals surface area contributed by atoms with Crippen LogP contribution < -0.4 is 0 Å². The molecular formula is C10H12FNO2. The first-order chi connectivity index (χ1) is 6.63. The van der Waals surface area contributed by atoms with Crippen molar-refractivity contribution in [3.8, 4) is 0 Å². The third-order valence-corrected chi connectivity index (χ3v) is 2.20. The van der Waals surface area contributed by atoms with Gasteiger partial charge in [-0.2, -0.15) is 0 Å². The maximum absolute atomic E-state index is 12.6. The first-order valence-electron chi connectivity index (χ1n) is 4.50. The van der Waals surface area contributed by atoms with Crippen LogP contribution >= 0.6 is 0 Å². The monoisotopic (exact) mass is 197 g/mol. The Morgan fingerprint density at radius 1 is 1.43 bits per heavy atom. The molecule has 0 spiro atoms. The summed E-state index contributed by atoms with van der Waals surface area (Å²) < 4.78 is 12.6. The topological polar surface area (TPSA) is 43.1 Å². The summed E-state index contributed by atoms with van der Waals surface area (Å²) in [6, 6.07) is 5.87. The lowest BCUT2D eigenvalue weighted by Crippen LogP contribution is -2.11. The third-order valence-electron chi connectivity index (χ3n) is 2.20. The van der Waals surface area contributed by atoms with E-state index in [9.17, 15) is 14.5 Å². The van der Waals surface area contributed by atoms with Gasteiger partial charge in [-0.3, -0.25) is 10.1 Å². The molecule has 1 rings (SSSR count). The molecule has 0 aliphatic rings. The van der Waals surface area contributed by atoms with Crippen molar-refractivity contribution in [3.63, 3.8) is 0 Å². The van der Waals surface area contributed by atoms with Gasteiger partial charge in [0.15, 0.2) is 0 Å². The van der Waals surface area contributed by atoms with Crippen molar-refractivity contribution in [1.29, 1.82) is 0 Å². The molecule has 76 valence electrons. The number of hydrogen-bond donors (Lipinski definition) is 0. The lowest BCUT2D eigenvalue weighted by Gasteiger charge is -2.09. The van der Waals surface area contributed by atoms with E-state index in [1.165, 1.54) is 12.1 Å². The number of halogens is 1. The van der Waals surface area contributed by atoms with Crippen molar-refractivity contribution in [2.45, 2.75) is 19.3 Å². The van der Waals surface area contributed by atoms with Crippen LogP contribution in [-0.4, -0.2) is 11.5 Å². The van der Waals surface area contributed by atoms with Crippen molar-refractivity contribution < 1.29 is 9.31 Å². The Hall–Kier alpha value is -1.45. The van der Waals surface area contributed by atoms with Crippen LogP contribution in [0.25, 0.3) is 0 Å². The molecule has 0 saturated heterocycles. The first kappa shape index (κ1) is 10.6. The Morgan fingerprint density at radius 2 is 2.00 bits per heavy atom. The molecule has 0 unspecified atom stereocenters. The quantitative estimate of drug-likeness (QED) is 0.550. The summed E-state index contributed by atoms with van der Waals surface area (Å²) in [5.41, 5.74) is 0.825. The van der Waals surface area contributed by atoms with Gasteiger partial charge in [0.2, 0.25) is 6.54 Å². The second kappa shape index (κ2) is 4.69. The van der Waals surface area contributed by atoms with Gasteiger partial charge in [-0.25, -0.2) is 4.39 Å². The fraction of sp³-hybridized carbons (Fsp3) is 0.400. The number of rotatable bonds is 4. The smallest absolute Gasteiger partial charge is 0.210 e. The van der Waals surface area contributed by atoms with E-state index in [4.69, 9.17) is 0 Å². The second-order valence-electron chi connectivity index (χ2n) is 3.17. The fourth-order valence-electron chi connectivity index (χ4n) is 1.39. The van der Waals surface area contributed by atoms with Gasteiger partial charge >= 0.3 is 0 Å². The van der Waals surface area contributed by atoms with Crippen LogP contribution in [-0.2, 0) is 0 Å². The van der Waals surface area contributed by atoms with Gasteiger partial charge in [0, 0.05) is 10.8 Å². The van der Waals surface area contributed by atoms with Crippen LogP contribution in [0.1, 0.15) is 24.8 Å². The maximum Gasteiger partial charge on any atom is 0.210 e. The highest BCUT2D eigenvalue weighted by Crippen LogP contribution is 2.19. The molecule has 0 aliphatic carbocycles. The molecule has 0 saturated carbocycles. The van der Waals surface area contributed by atoms with Crippen LogP contribution in [0.3, 0.4) is 0 Å². The van der Waals surface area contributed by atoms with Gasteiger partial charge in [-0.05, 0) is 24.1 Å².